The molecule has 1 aliphatic heterocycles. The SMILES string of the molecule is C=C(C)[C@@H]1CCC(C)=C(OB2C=CC=CO2)C1. The summed E-state index contributed by atoms with van der Waals surface area (Å²) in [5, 5.41) is 0. The summed E-state index contributed by atoms with van der Waals surface area (Å²) < 4.78 is 11.3. The summed E-state index contributed by atoms with van der Waals surface area (Å²) in [6.07, 6.45) is 8.72. The first-order chi connectivity index (χ1) is 8.16. The topological polar surface area (TPSA) is 18.5 Å². The highest BCUT2D eigenvalue weighted by atomic mass is 16.6. The van der Waals surface area contributed by atoms with Gasteiger partial charge in [0.1, 0.15) is 0 Å². The lowest BCUT2D eigenvalue weighted by atomic mass is 9.82. The van der Waals surface area contributed by atoms with Crippen LogP contribution >= 0.6 is 0 Å². The summed E-state index contributed by atoms with van der Waals surface area (Å²) in [4.78, 5) is 0. The number of hydrogen-bond acceptors (Lipinski definition) is 2. The molecule has 17 heavy (non-hydrogen) atoms. The standard InChI is InChI=1S/C14H19BO2/c1-11(2)13-7-6-12(3)14(10-13)17-15-8-4-5-9-16-15/h4-5,8-9,13H,1,6-7,10H2,2-3H3/t13-/m1/s1. The van der Waals surface area contributed by atoms with Crippen LogP contribution in [0, 0.1) is 5.92 Å². The maximum Gasteiger partial charge on any atom is 0.624 e. The zero-order valence-corrected chi connectivity index (χ0v) is 10.6. The Morgan fingerprint density at radius 2 is 2.35 bits per heavy atom. The lowest BCUT2D eigenvalue weighted by Gasteiger charge is -2.27. The molecule has 0 saturated heterocycles. The molecule has 2 aliphatic rings. The highest BCUT2D eigenvalue weighted by Gasteiger charge is 2.26. The number of hydrogen-bond donors (Lipinski definition) is 0. The Bertz CT molecular complexity index is 393. The van der Waals surface area contributed by atoms with Gasteiger partial charge in [-0.1, -0.05) is 18.2 Å². The van der Waals surface area contributed by atoms with E-state index in [9.17, 15) is 0 Å². The Morgan fingerprint density at radius 1 is 1.53 bits per heavy atom. The quantitative estimate of drug-likeness (QED) is 0.542. The second-order valence-corrected chi connectivity index (χ2v) is 4.83. The van der Waals surface area contributed by atoms with Crippen LogP contribution in [0.1, 0.15) is 33.1 Å². The van der Waals surface area contributed by atoms with E-state index in [1.807, 2.05) is 18.1 Å². The fourth-order valence-electron chi connectivity index (χ4n) is 2.18. The molecule has 0 bridgehead atoms. The van der Waals surface area contributed by atoms with Gasteiger partial charge in [0.2, 0.25) is 0 Å². The molecule has 0 saturated carbocycles. The van der Waals surface area contributed by atoms with Gasteiger partial charge < -0.3 is 9.31 Å². The minimum Gasteiger partial charge on any atom is -0.529 e. The maximum atomic E-state index is 5.90. The zero-order valence-electron chi connectivity index (χ0n) is 10.6. The maximum absolute atomic E-state index is 5.90. The van der Waals surface area contributed by atoms with Gasteiger partial charge in [-0.05, 0) is 50.2 Å². The van der Waals surface area contributed by atoms with Gasteiger partial charge in [-0.25, -0.2) is 0 Å². The van der Waals surface area contributed by atoms with Crippen molar-refractivity contribution in [1.82, 2.24) is 0 Å². The summed E-state index contributed by atoms with van der Waals surface area (Å²) in [7, 11) is -0.270. The van der Waals surface area contributed by atoms with E-state index in [-0.39, 0.29) is 7.12 Å². The average molecular weight is 230 g/mol. The molecule has 0 N–H and O–H groups in total. The molecule has 3 heteroatoms. The predicted octanol–water partition coefficient (Wildman–Crippen LogP) is 3.78. The lowest BCUT2D eigenvalue weighted by molar-refractivity contribution is 0.288. The van der Waals surface area contributed by atoms with Crippen molar-refractivity contribution in [2.24, 2.45) is 5.92 Å². The number of rotatable bonds is 3. The summed E-state index contributed by atoms with van der Waals surface area (Å²) in [6.45, 7) is 8.30. The third-order valence-electron chi connectivity index (χ3n) is 3.40. The van der Waals surface area contributed by atoms with Gasteiger partial charge in [0.25, 0.3) is 0 Å². The van der Waals surface area contributed by atoms with E-state index in [4.69, 9.17) is 9.31 Å². The monoisotopic (exact) mass is 230 g/mol. The summed E-state index contributed by atoms with van der Waals surface area (Å²) in [6, 6.07) is 0. The lowest BCUT2D eigenvalue weighted by Crippen LogP contribution is -2.22. The molecule has 2 nitrogen and oxygen atoms in total. The Labute approximate surface area is 104 Å². The summed E-state index contributed by atoms with van der Waals surface area (Å²) >= 11 is 0. The first-order valence-electron chi connectivity index (χ1n) is 6.16. The molecule has 0 amide bonds. The van der Waals surface area contributed by atoms with E-state index in [0.717, 1.165) is 18.6 Å². The van der Waals surface area contributed by atoms with Crippen LogP contribution in [0.25, 0.3) is 0 Å². The summed E-state index contributed by atoms with van der Waals surface area (Å²) in [5.41, 5.74) is 2.59. The third-order valence-corrected chi connectivity index (χ3v) is 3.40. The van der Waals surface area contributed by atoms with Crippen LogP contribution in [-0.4, -0.2) is 7.12 Å². The molecule has 1 atom stereocenters. The molecule has 0 unspecified atom stereocenters. The van der Waals surface area contributed by atoms with Gasteiger partial charge in [-0.2, -0.15) is 0 Å². The Morgan fingerprint density at radius 3 is 3.00 bits per heavy atom. The van der Waals surface area contributed by atoms with Crippen molar-refractivity contribution >= 4 is 7.12 Å². The Hall–Kier alpha value is -1.38. The molecular weight excluding hydrogens is 211 g/mol. The molecule has 1 heterocycles. The van der Waals surface area contributed by atoms with E-state index in [1.165, 1.54) is 17.6 Å². The second kappa shape index (κ2) is 5.30. The van der Waals surface area contributed by atoms with Crippen molar-refractivity contribution in [3.05, 3.63) is 47.9 Å². The first-order valence-corrected chi connectivity index (χ1v) is 6.16. The molecule has 0 spiro atoms. The summed E-state index contributed by atoms with van der Waals surface area (Å²) in [5.74, 6) is 3.55. The average Bonchev–Trinajstić information content (AvgIpc) is 2.33. The normalized spacial score (nSPS) is 23.6. The Kier molecular flexibility index (Phi) is 3.77. The Balaban J connectivity index is 2.00. The van der Waals surface area contributed by atoms with E-state index >= 15 is 0 Å². The third kappa shape index (κ3) is 3.05. The van der Waals surface area contributed by atoms with Crippen LogP contribution in [0.5, 0.6) is 0 Å². The van der Waals surface area contributed by atoms with Gasteiger partial charge in [-0.15, -0.1) is 0 Å². The fraction of sp³-hybridized carbons (Fsp3) is 0.429. The van der Waals surface area contributed by atoms with Gasteiger partial charge >= 0.3 is 7.12 Å². The van der Waals surface area contributed by atoms with Crippen LogP contribution in [0.15, 0.2) is 47.9 Å². The van der Waals surface area contributed by atoms with E-state index < -0.39 is 0 Å². The van der Waals surface area contributed by atoms with Crippen LogP contribution in [-0.2, 0) is 9.31 Å². The number of allylic oxidation sites excluding steroid dienone is 5. The molecule has 2 rings (SSSR count). The van der Waals surface area contributed by atoms with Gasteiger partial charge in [0, 0.05) is 6.42 Å². The molecule has 0 aromatic rings. The first kappa shape index (κ1) is 12.1. The highest BCUT2D eigenvalue weighted by Crippen LogP contribution is 2.34. The molecule has 1 aliphatic carbocycles. The van der Waals surface area contributed by atoms with Gasteiger partial charge in [0.15, 0.2) is 0 Å². The highest BCUT2D eigenvalue weighted by molar-refractivity contribution is 6.51. The minimum atomic E-state index is -0.270. The van der Waals surface area contributed by atoms with Gasteiger partial charge in [0.05, 0.1) is 12.0 Å². The predicted molar refractivity (Wildman–Crippen MR) is 71.1 cm³/mol. The minimum absolute atomic E-state index is 0.270. The second-order valence-electron chi connectivity index (χ2n) is 4.83. The van der Waals surface area contributed by atoms with Crippen LogP contribution in [0.3, 0.4) is 0 Å². The van der Waals surface area contributed by atoms with Crippen molar-refractivity contribution in [2.75, 3.05) is 0 Å². The molecule has 0 fully saturated rings. The zero-order chi connectivity index (χ0) is 12.3. The van der Waals surface area contributed by atoms with Crippen LogP contribution < -0.4 is 0 Å². The van der Waals surface area contributed by atoms with E-state index in [1.54, 1.807) is 6.26 Å². The largest absolute Gasteiger partial charge is 0.624 e. The van der Waals surface area contributed by atoms with Crippen molar-refractivity contribution in [1.29, 1.82) is 0 Å². The van der Waals surface area contributed by atoms with Crippen LogP contribution in [0.2, 0.25) is 0 Å². The van der Waals surface area contributed by atoms with E-state index in [0.29, 0.717) is 5.92 Å². The smallest absolute Gasteiger partial charge is 0.529 e. The van der Waals surface area contributed by atoms with E-state index in [2.05, 4.69) is 20.4 Å². The van der Waals surface area contributed by atoms with Crippen molar-refractivity contribution in [3.63, 3.8) is 0 Å². The fourth-order valence-corrected chi connectivity index (χ4v) is 2.18. The molecule has 90 valence electrons. The molecule has 0 aromatic carbocycles. The van der Waals surface area contributed by atoms with Crippen LogP contribution in [0.4, 0.5) is 0 Å². The van der Waals surface area contributed by atoms with Crippen molar-refractivity contribution in [3.8, 4) is 0 Å². The molecular formula is C14H19BO2. The van der Waals surface area contributed by atoms with Gasteiger partial charge in [-0.3, -0.25) is 0 Å². The molecule has 0 aromatic heterocycles. The van der Waals surface area contributed by atoms with Crippen molar-refractivity contribution < 1.29 is 9.31 Å². The molecule has 0 radical (unpaired) electrons. The van der Waals surface area contributed by atoms with Crippen molar-refractivity contribution in [2.45, 2.75) is 33.1 Å².